The molecule has 23 heavy (non-hydrogen) atoms. The third-order valence-electron chi connectivity index (χ3n) is 3.34. The Hall–Kier alpha value is -2.50. The fourth-order valence-electron chi connectivity index (χ4n) is 2.14. The number of carbonyl (C=O) groups is 2. The number of ether oxygens (including phenoxy) is 1. The molecular formula is C17H21N3O3. The summed E-state index contributed by atoms with van der Waals surface area (Å²) in [5.74, 6) is -0.336. The van der Waals surface area contributed by atoms with Gasteiger partial charge in [0.1, 0.15) is 11.7 Å². The molecule has 0 radical (unpaired) electrons. The van der Waals surface area contributed by atoms with Gasteiger partial charge in [-0.15, -0.1) is 5.10 Å². The smallest absolute Gasteiger partial charge is 0.330 e. The number of carbonyl (C=O) groups excluding carboxylic acids is 2. The maximum Gasteiger partial charge on any atom is 0.330 e. The van der Waals surface area contributed by atoms with Crippen LogP contribution in [0.4, 0.5) is 0 Å². The standard InChI is InChI=1S/C17H21N3O3/c1-11(2)10-23-17(22)12(3)20-16(14-8-6-5-7-9-14)15(13(4)21)18-19-20/h5-9,11-12H,10H2,1-4H3. The van der Waals surface area contributed by atoms with Crippen LogP contribution in [-0.2, 0) is 9.53 Å². The summed E-state index contributed by atoms with van der Waals surface area (Å²) in [6.45, 7) is 7.40. The third-order valence-corrected chi connectivity index (χ3v) is 3.34. The molecule has 0 saturated heterocycles. The fourth-order valence-corrected chi connectivity index (χ4v) is 2.14. The first-order chi connectivity index (χ1) is 10.9. The summed E-state index contributed by atoms with van der Waals surface area (Å²) in [5, 5.41) is 7.95. The highest BCUT2D eigenvalue weighted by atomic mass is 16.5. The van der Waals surface area contributed by atoms with E-state index in [4.69, 9.17) is 4.74 Å². The lowest BCUT2D eigenvalue weighted by molar-refractivity contribution is -0.148. The summed E-state index contributed by atoms with van der Waals surface area (Å²) in [6, 6.07) is 8.65. The molecule has 0 saturated carbocycles. The Morgan fingerprint density at radius 1 is 1.17 bits per heavy atom. The average Bonchev–Trinajstić information content (AvgIpc) is 2.97. The maximum atomic E-state index is 12.2. The monoisotopic (exact) mass is 315 g/mol. The average molecular weight is 315 g/mol. The molecule has 1 unspecified atom stereocenters. The molecule has 122 valence electrons. The van der Waals surface area contributed by atoms with Crippen molar-refractivity contribution >= 4 is 11.8 Å². The first-order valence-electron chi connectivity index (χ1n) is 7.60. The van der Waals surface area contributed by atoms with E-state index in [0.717, 1.165) is 5.56 Å². The molecule has 1 heterocycles. The summed E-state index contributed by atoms with van der Waals surface area (Å²) < 4.78 is 6.72. The Morgan fingerprint density at radius 3 is 2.39 bits per heavy atom. The molecular weight excluding hydrogens is 294 g/mol. The lowest BCUT2D eigenvalue weighted by atomic mass is 10.1. The highest BCUT2D eigenvalue weighted by Gasteiger charge is 2.26. The van der Waals surface area contributed by atoms with Gasteiger partial charge in [-0.25, -0.2) is 9.48 Å². The van der Waals surface area contributed by atoms with E-state index in [1.807, 2.05) is 44.2 Å². The van der Waals surface area contributed by atoms with Gasteiger partial charge < -0.3 is 4.74 Å². The fraction of sp³-hybridized carbons (Fsp3) is 0.412. The lowest BCUT2D eigenvalue weighted by Crippen LogP contribution is -2.22. The van der Waals surface area contributed by atoms with Crippen molar-refractivity contribution in [3.8, 4) is 11.3 Å². The van der Waals surface area contributed by atoms with Crippen LogP contribution in [0.3, 0.4) is 0 Å². The zero-order valence-electron chi connectivity index (χ0n) is 13.8. The molecule has 0 fully saturated rings. The Morgan fingerprint density at radius 2 is 1.83 bits per heavy atom. The maximum absolute atomic E-state index is 12.2. The van der Waals surface area contributed by atoms with Crippen molar-refractivity contribution in [2.75, 3.05) is 6.61 Å². The van der Waals surface area contributed by atoms with Crippen molar-refractivity contribution in [3.05, 3.63) is 36.0 Å². The van der Waals surface area contributed by atoms with E-state index in [2.05, 4.69) is 10.3 Å². The number of hydrogen-bond acceptors (Lipinski definition) is 5. The zero-order chi connectivity index (χ0) is 17.0. The number of aromatic nitrogens is 3. The molecule has 0 bridgehead atoms. The second kappa shape index (κ2) is 7.17. The second-order valence-electron chi connectivity index (χ2n) is 5.85. The quantitative estimate of drug-likeness (QED) is 0.605. The first kappa shape index (κ1) is 16.9. The van der Waals surface area contributed by atoms with E-state index in [1.54, 1.807) is 6.92 Å². The SMILES string of the molecule is CC(=O)c1nnn(C(C)C(=O)OCC(C)C)c1-c1ccccc1. The Labute approximate surface area is 135 Å². The van der Waals surface area contributed by atoms with Crippen LogP contribution < -0.4 is 0 Å². The van der Waals surface area contributed by atoms with Crippen LogP contribution in [0.1, 0.15) is 44.2 Å². The molecule has 0 aliphatic rings. The van der Waals surface area contributed by atoms with Crippen LogP contribution in [0.25, 0.3) is 11.3 Å². The number of esters is 1. The topological polar surface area (TPSA) is 74.1 Å². The first-order valence-corrected chi connectivity index (χ1v) is 7.60. The van der Waals surface area contributed by atoms with Crippen LogP contribution in [0.5, 0.6) is 0 Å². The minimum Gasteiger partial charge on any atom is -0.464 e. The normalized spacial score (nSPS) is 12.2. The van der Waals surface area contributed by atoms with Gasteiger partial charge in [-0.2, -0.15) is 0 Å². The molecule has 6 nitrogen and oxygen atoms in total. The molecule has 2 aromatic rings. The molecule has 0 spiro atoms. The van der Waals surface area contributed by atoms with Gasteiger partial charge in [0.15, 0.2) is 11.5 Å². The molecule has 1 aromatic carbocycles. The van der Waals surface area contributed by atoms with Crippen molar-refractivity contribution in [2.24, 2.45) is 5.92 Å². The molecule has 0 N–H and O–H groups in total. The van der Waals surface area contributed by atoms with Gasteiger partial charge in [-0.1, -0.05) is 49.4 Å². The molecule has 0 aliphatic carbocycles. The predicted molar refractivity (Wildman–Crippen MR) is 86.0 cm³/mol. The van der Waals surface area contributed by atoms with Crippen molar-refractivity contribution in [1.82, 2.24) is 15.0 Å². The Bertz CT molecular complexity index is 692. The Kier molecular flexibility index (Phi) is 5.26. The van der Waals surface area contributed by atoms with E-state index in [9.17, 15) is 9.59 Å². The van der Waals surface area contributed by atoms with Crippen molar-refractivity contribution < 1.29 is 14.3 Å². The molecule has 0 aliphatic heterocycles. The minimum absolute atomic E-state index is 0.196. The van der Waals surface area contributed by atoms with Gasteiger partial charge in [-0.3, -0.25) is 4.79 Å². The third kappa shape index (κ3) is 3.83. The molecule has 1 atom stereocenters. The van der Waals surface area contributed by atoms with Crippen molar-refractivity contribution in [1.29, 1.82) is 0 Å². The van der Waals surface area contributed by atoms with E-state index in [-0.39, 0.29) is 17.4 Å². The van der Waals surface area contributed by atoms with Crippen LogP contribution in [-0.4, -0.2) is 33.4 Å². The summed E-state index contributed by atoms with van der Waals surface area (Å²) >= 11 is 0. The van der Waals surface area contributed by atoms with Crippen LogP contribution in [0.2, 0.25) is 0 Å². The summed E-state index contributed by atoms with van der Waals surface area (Å²) in [5.41, 5.74) is 1.57. The van der Waals surface area contributed by atoms with Crippen molar-refractivity contribution in [2.45, 2.75) is 33.7 Å². The van der Waals surface area contributed by atoms with Crippen LogP contribution in [0, 0.1) is 5.92 Å². The molecule has 6 heteroatoms. The highest BCUT2D eigenvalue weighted by Crippen LogP contribution is 2.25. The second-order valence-corrected chi connectivity index (χ2v) is 5.85. The number of hydrogen-bond donors (Lipinski definition) is 0. The van der Waals surface area contributed by atoms with Gasteiger partial charge >= 0.3 is 5.97 Å². The molecule has 1 aromatic heterocycles. The highest BCUT2D eigenvalue weighted by molar-refractivity contribution is 5.98. The van der Waals surface area contributed by atoms with E-state index >= 15 is 0 Å². The van der Waals surface area contributed by atoms with Gasteiger partial charge in [0, 0.05) is 12.5 Å². The van der Waals surface area contributed by atoms with Gasteiger partial charge in [0.2, 0.25) is 0 Å². The number of benzene rings is 1. The Balaban J connectivity index is 2.39. The number of nitrogens with zero attached hydrogens (tertiary/aromatic N) is 3. The molecule has 0 amide bonds. The summed E-state index contributed by atoms with van der Waals surface area (Å²) in [7, 11) is 0. The van der Waals surface area contributed by atoms with E-state index < -0.39 is 12.0 Å². The minimum atomic E-state index is -0.662. The summed E-state index contributed by atoms with van der Waals surface area (Å²) in [4.78, 5) is 24.0. The van der Waals surface area contributed by atoms with E-state index in [1.165, 1.54) is 11.6 Å². The van der Waals surface area contributed by atoms with E-state index in [0.29, 0.717) is 12.3 Å². The number of ketones is 1. The molecule has 2 rings (SSSR count). The van der Waals surface area contributed by atoms with Gasteiger partial charge in [0.25, 0.3) is 0 Å². The van der Waals surface area contributed by atoms with Gasteiger partial charge in [-0.05, 0) is 12.8 Å². The summed E-state index contributed by atoms with van der Waals surface area (Å²) in [6.07, 6.45) is 0. The number of Topliss-reactive ketones (excluding diaryl/α,β-unsaturated/α-hetero) is 1. The number of rotatable bonds is 6. The predicted octanol–water partition coefficient (Wildman–Crippen LogP) is 2.91. The van der Waals surface area contributed by atoms with Crippen LogP contribution >= 0.6 is 0 Å². The zero-order valence-corrected chi connectivity index (χ0v) is 13.8. The lowest BCUT2D eigenvalue weighted by Gasteiger charge is -2.15. The van der Waals surface area contributed by atoms with Gasteiger partial charge in [0.05, 0.1) is 6.61 Å². The van der Waals surface area contributed by atoms with Crippen molar-refractivity contribution in [3.63, 3.8) is 0 Å². The largest absolute Gasteiger partial charge is 0.464 e. The van der Waals surface area contributed by atoms with Crippen LogP contribution in [0.15, 0.2) is 30.3 Å².